The molecule has 2 aliphatic carbocycles. The second kappa shape index (κ2) is 9.59. The summed E-state index contributed by atoms with van der Waals surface area (Å²) < 4.78 is 16.6. The predicted octanol–water partition coefficient (Wildman–Crippen LogP) is 5.87. The Balaban J connectivity index is 1.37. The Morgan fingerprint density at radius 3 is 2.58 bits per heavy atom. The van der Waals surface area contributed by atoms with Gasteiger partial charge in [-0.1, -0.05) is 37.3 Å². The predicted molar refractivity (Wildman–Crippen MR) is 122 cm³/mol. The molecule has 3 atom stereocenters. The van der Waals surface area contributed by atoms with Gasteiger partial charge in [0.15, 0.2) is 0 Å². The van der Waals surface area contributed by atoms with Crippen LogP contribution in [0.5, 0.6) is 11.5 Å². The van der Waals surface area contributed by atoms with Gasteiger partial charge in [0, 0.05) is 5.92 Å². The minimum Gasteiger partial charge on any atom is -0.497 e. The Bertz CT molecular complexity index is 944. The van der Waals surface area contributed by atoms with Crippen LogP contribution in [0.3, 0.4) is 0 Å². The maximum Gasteiger partial charge on any atom is 0.309 e. The van der Waals surface area contributed by atoms with Gasteiger partial charge < -0.3 is 14.2 Å². The fraction of sp³-hybridized carbons (Fsp3) is 0.444. The van der Waals surface area contributed by atoms with Crippen LogP contribution in [0.15, 0.2) is 54.6 Å². The van der Waals surface area contributed by atoms with E-state index in [0.29, 0.717) is 18.4 Å². The molecule has 0 bridgehead atoms. The van der Waals surface area contributed by atoms with E-state index in [1.165, 1.54) is 36.7 Å². The van der Waals surface area contributed by atoms with Gasteiger partial charge in [-0.2, -0.15) is 0 Å². The first-order valence-corrected chi connectivity index (χ1v) is 11.2. The zero-order valence-corrected chi connectivity index (χ0v) is 18.7. The molecule has 4 rings (SSSR count). The summed E-state index contributed by atoms with van der Waals surface area (Å²) in [7, 11) is 3.17. The number of methoxy groups -OCH3 is 2. The average Bonchev–Trinajstić information content (AvgIpc) is 3.52. The van der Waals surface area contributed by atoms with Crippen LogP contribution in [0.2, 0.25) is 0 Å². The molecule has 0 N–H and O–H groups in total. The Labute approximate surface area is 185 Å². The lowest BCUT2D eigenvalue weighted by Crippen LogP contribution is -2.22. The Hall–Kier alpha value is -2.75. The van der Waals surface area contributed by atoms with Crippen LogP contribution in [0.1, 0.15) is 49.7 Å². The normalized spacial score (nSPS) is 20.0. The molecule has 0 spiro atoms. The van der Waals surface area contributed by atoms with Crippen molar-refractivity contribution in [2.24, 2.45) is 17.8 Å². The highest BCUT2D eigenvalue weighted by Crippen LogP contribution is 2.47. The lowest BCUT2D eigenvalue weighted by Gasteiger charge is -2.23. The van der Waals surface area contributed by atoms with Crippen LogP contribution in [-0.4, -0.2) is 26.8 Å². The van der Waals surface area contributed by atoms with Gasteiger partial charge in [-0.25, -0.2) is 0 Å². The topological polar surface area (TPSA) is 44.8 Å². The van der Waals surface area contributed by atoms with Gasteiger partial charge in [0.25, 0.3) is 0 Å². The van der Waals surface area contributed by atoms with Crippen LogP contribution < -0.4 is 9.47 Å². The molecular formula is C27H32O4. The van der Waals surface area contributed by atoms with Crippen LogP contribution in [0.25, 0.3) is 5.57 Å². The zero-order chi connectivity index (χ0) is 21.8. The van der Waals surface area contributed by atoms with Crippen molar-refractivity contribution in [1.29, 1.82) is 0 Å². The molecule has 4 nitrogen and oxygen atoms in total. The molecule has 0 aromatic heterocycles. The standard InChI is InChI=1S/C27H32O4/c1-18(27(28)30-3)26(20-12-13-20)23-7-5-9-25(16-23)31-17-19-10-11-22(14-19)21-6-4-8-24(15-21)29-2/h4-9,11,15-16,18-20,26H,10,12-14,17H2,1-3H3. The highest BCUT2D eigenvalue weighted by atomic mass is 16.5. The number of allylic oxidation sites excluding steroid dienone is 2. The van der Waals surface area contributed by atoms with E-state index in [0.717, 1.165) is 24.3 Å². The third-order valence-electron chi connectivity index (χ3n) is 6.62. The molecule has 2 aromatic carbocycles. The van der Waals surface area contributed by atoms with E-state index in [1.807, 2.05) is 31.2 Å². The van der Waals surface area contributed by atoms with Crippen molar-refractivity contribution >= 4 is 11.5 Å². The lowest BCUT2D eigenvalue weighted by atomic mass is 9.83. The Morgan fingerprint density at radius 2 is 1.84 bits per heavy atom. The van der Waals surface area contributed by atoms with Gasteiger partial charge in [-0.15, -0.1) is 0 Å². The van der Waals surface area contributed by atoms with Crippen molar-refractivity contribution in [2.75, 3.05) is 20.8 Å². The summed E-state index contributed by atoms with van der Waals surface area (Å²) in [5.74, 6) is 2.73. The minimum atomic E-state index is -0.141. The van der Waals surface area contributed by atoms with E-state index in [1.54, 1.807) is 7.11 Å². The number of hydrogen-bond acceptors (Lipinski definition) is 4. The van der Waals surface area contributed by atoms with E-state index in [-0.39, 0.29) is 17.8 Å². The molecule has 2 aliphatic rings. The van der Waals surface area contributed by atoms with E-state index >= 15 is 0 Å². The summed E-state index contributed by atoms with van der Waals surface area (Å²) in [5.41, 5.74) is 3.77. The molecule has 0 radical (unpaired) electrons. The first-order chi connectivity index (χ1) is 15.1. The summed E-state index contributed by atoms with van der Waals surface area (Å²) in [6.07, 6.45) is 6.71. The van der Waals surface area contributed by atoms with Crippen molar-refractivity contribution in [3.8, 4) is 11.5 Å². The largest absolute Gasteiger partial charge is 0.497 e. The molecule has 1 fully saturated rings. The first-order valence-electron chi connectivity index (χ1n) is 11.2. The second-order valence-corrected chi connectivity index (χ2v) is 8.83. The maximum absolute atomic E-state index is 12.2. The summed E-state index contributed by atoms with van der Waals surface area (Å²) in [4.78, 5) is 12.2. The van der Waals surface area contributed by atoms with Gasteiger partial charge >= 0.3 is 5.97 Å². The van der Waals surface area contributed by atoms with E-state index in [4.69, 9.17) is 14.2 Å². The number of hydrogen-bond donors (Lipinski definition) is 0. The van der Waals surface area contributed by atoms with E-state index in [2.05, 4.69) is 30.3 Å². The van der Waals surface area contributed by atoms with Gasteiger partial charge in [0.05, 0.1) is 26.7 Å². The molecule has 0 saturated heterocycles. The zero-order valence-electron chi connectivity index (χ0n) is 18.7. The van der Waals surface area contributed by atoms with E-state index < -0.39 is 0 Å². The van der Waals surface area contributed by atoms with Crippen LogP contribution in [0.4, 0.5) is 0 Å². The van der Waals surface area contributed by atoms with Crippen LogP contribution in [-0.2, 0) is 9.53 Å². The minimum absolute atomic E-state index is 0.134. The average molecular weight is 421 g/mol. The summed E-state index contributed by atoms with van der Waals surface area (Å²) in [5, 5.41) is 0. The van der Waals surface area contributed by atoms with Gasteiger partial charge in [-0.3, -0.25) is 4.79 Å². The maximum atomic E-state index is 12.2. The van der Waals surface area contributed by atoms with Crippen molar-refractivity contribution < 1.29 is 19.0 Å². The molecule has 0 aliphatic heterocycles. The molecule has 0 heterocycles. The highest BCUT2D eigenvalue weighted by Gasteiger charge is 2.39. The highest BCUT2D eigenvalue weighted by molar-refractivity contribution is 5.73. The molecular weight excluding hydrogens is 388 g/mol. The number of carbonyl (C=O) groups is 1. The Morgan fingerprint density at radius 1 is 1.06 bits per heavy atom. The van der Waals surface area contributed by atoms with Crippen molar-refractivity contribution in [1.82, 2.24) is 0 Å². The first kappa shape index (κ1) is 21.5. The third kappa shape index (κ3) is 5.12. The number of benzene rings is 2. The van der Waals surface area contributed by atoms with Crippen LogP contribution in [0, 0.1) is 17.8 Å². The molecule has 3 unspecified atom stereocenters. The number of rotatable bonds is 9. The molecule has 164 valence electrons. The van der Waals surface area contributed by atoms with Gasteiger partial charge in [-0.05, 0) is 78.5 Å². The number of esters is 1. The summed E-state index contributed by atoms with van der Waals surface area (Å²) >= 11 is 0. The molecule has 1 saturated carbocycles. The fourth-order valence-corrected chi connectivity index (χ4v) is 4.75. The van der Waals surface area contributed by atoms with Crippen molar-refractivity contribution in [2.45, 2.75) is 38.5 Å². The van der Waals surface area contributed by atoms with E-state index in [9.17, 15) is 4.79 Å². The quantitative estimate of drug-likeness (QED) is 0.476. The SMILES string of the molecule is COC(=O)C(C)C(c1cccc(OCC2CC=C(c3cccc(OC)c3)C2)c1)C1CC1. The molecule has 4 heteroatoms. The summed E-state index contributed by atoms with van der Waals surface area (Å²) in [6.45, 7) is 2.67. The fourth-order valence-electron chi connectivity index (χ4n) is 4.75. The lowest BCUT2D eigenvalue weighted by molar-refractivity contribution is -0.145. The Kier molecular flexibility index (Phi) is 6.64. The van der Waals surface area contributed by atoms with Crippen LogP contribution >= 0.6 is 0 Å². The monoisotopic (exact) mass is 420 g/mol. The number of carbonyl (C=O) groups excluding carboxylic acids is 1. The molecule has 2 aromatic rings. The van der Waals surface area contributed by atoms with Crippen molar-refractivity contribution in [3.05, 3.63) is 65.7 Å². The number of ether oxygens (including phenoxy) is 3. The summed E-state index contributed by atoms with van der Waals surface area (Å²) in [6, 6.07) is 16.5. The smallest absolute Gasteiger partial charge is 0.309 e. The third-order valence-corrected chi connectivity index (χ3v) is 6.62. The van der Waals surface area contributed by atoms with Gasteiger partial charge in [0.1, 0.15) is 11.5 Å². The molecule has 0 amide bonds. The molecule has 31 heavy (non-hydrogen) atoms. The van der Waals surface area contributed by atoms with Gasteiger partial charge in [0.2, 0.25) is 0 Å². The van der Waals surface area contributed by atoms with Crippen molar-refractivity contribution in [3.63, 3.8) is 0 Å². The second-order valence-electron chi connectivity index (χ2n) is 8.83.